The number of nitrogens with one attached hydrogen (secondary N) is 1. The molecule has 0 saturated carbocycles. The molecule has 6 heteroatoms. The van der Waals surface area contributed by atoms with Crippen molar-refractivity contribution < 1.29 is 8.42 Å². The molecule has 0 unspecified atom stereocenters. The largest absolute Gasteiger partial charge is 0.304 e. The summed E-state index contributed by atoms with van der Waals surface area (Å²) in [6.07, 6.45) is 1.75. The fourth-order valence-electron chi connectivity index (χ4n) is 1.74. The maximum absolute atomic E-state index is 12.0. The molecular formula is C15H23N3O2S. The fourth-order valence-corrected chi connectivity index (χ4v) is 2.82. The van der Waals surface area contributed by atoms with Crippen molar-refractivity contribution in [3.63, 3.8) is 0 Å². The standard InChI is InChI=1S/C15H23N3O2S/c1-13(2)18(3)11-5-4-10-17-21(19,20)15-8-6-14(12-16)7-9-15/h6-9,13,17H,4-5,10-11H2,1-3H3. The molecule has 0 aliphatic heterocycles. The molecular weight excluding hydrogens is 286 g/mol. The molecule has 21 heavy (non-hydrogen) atoms. The van der Waals surface area contributed by atoms with Crippen molar-refractivity contribution in [1.29, 1.82) is 5.26 Å². The number of benzene rings is 1. The van der Waals surface area contributed by atoms with Gasteiger partial charge < -0.3 is 4.90 Å². The van der Waals surface area contributed by atoms with E-state index in [0.29, 0.717) is 18.2 Å². The van der Waals surface area contributed by atoms with Gasteiger partial charge >= 0.3 is 0 Å². The Labute approximate surface area is 127 Å². The third-order valence-corrected chi connectivity index (χ3v) is 4.88. The molecule has 0 bridgehead atoms. The van der Waals surface area contributed by atoms with Crippen LogP contribution in [0.5, 0.6) is 0 Å². The smallest absolute Gasteiger partial charge is 0.240 e. The summed E-state index contributed by atoms with van der Waals surface area (Å²) in [7, 11) is -1.41. The van der Waals surface area contributed by atoms with E-state index in [1.54, 1.807) is 0 Å². The Bertz CT molecular complexity index is 574. The SMILES string of the molecule is CC(C)N(C)CCCCNS(=O)(=O)c1ccc(C#N)cc1. The maximum atomic E-state index is 12.0. The fraction of sp³-hybridized carbons (Fsp3) is 0.533. The normalized spacial score (nSPS) is 11.8. The lowest BCUT2D eigenvalue weighted by atomic mass is 10.2. The van der Waals surface area contributed by atoms with Crippen LogP contribution in [-0.4, -0.2) is 39.5 Å². The van der Waals surface area contributed by atoms with Crippen LogP contribution in [0, 0.1) is 11.3 Å². The zero-order chi connectivity index (χ0) is 15.9. The Morgan fingerprint density at radius 2 is 1.86 bits per heavy atom. The number of nitrogens with zero attached hydrogens (tertiary/aromatic N) is 2. The van der Waals surface area contributed by atoms with Gasteiger partial charge in [0.1, 0.15) is 0 Å². The van der Waals surface area contributed by atoms with Crippen molar-refractivity contribution in [1.82, 2.24) is 9.62 Å². The molecule has 1 aromatic rings. The first-order chi connectivity index (χ1) is 9.86. The molecule has 1 rings (SSSR count). The average Bonchev–Trinajstić information content (AvgIpc) is 2.46. The lowest BCUT2D eigenvalue weighted by molar-refractivity contribution is 0.268. The molecule has 1 aromatic carbocycles. The second kappa shape index (κ2) is 8.13. The van der Waals surface area contributed by atoms with Gasteiger partial charge in [-0.3, -0.25) is 0 Å². The van der Waals surface area contributed by atoms with Gasteiger partial charge in [-0.15, -0.1) is 0 Å². The number of sulfonamides is 1. The van der Waals surface area contributed by atoms with E-state index in [0.717, 1.165) is 19.4 Å². The van der Waals surface area contributed by atoms with E-state index < -0.39 is 10.0 Å². The third-order valence-electron chi connectivity index (χ3n) is 3.40. The van der Waals surface area contributed by atoms with Gasteiger partial charge in [0.2, 0.25) is 10.0 Å². The Morgan fingerprint density at radius 3 is 2.38 bits per heavy atom. The zero-order valence-electron chi connectivity index (χ0n) is 12.8. The molecule has 0 radical (unpaired) electrons. The van der Waals surface area contributed by atoms with Crippen LogP contribution in [0.4, 0.5) is 0 Å². The minimum atomic E-state index is -3.48. The number of hydrogen-bond donors (Lipinski definition) is 1. The van der Waals surface area contributed by atoms with Crippen LogP contribution in [0.2, 0.25) is 0 Å². The van der Waals surface area contributed by atoms with Crippen LogP contribution in [-0.2, 0) is 10.0 Å². The van der Waals surface area contributed by atoms with Gasteiger partial charge in [0.25, 0.3) is 0 Å². The van der Waals surface area contributed by atoms with E-state index in [4.69, 9.17) is 5.26 Å². The van der Waals surface area contributed by atoms with Crippen LogP contribution in [0.15, 0.2) is 29.2 Å². The Kier molecular flexibility index (Phi) is 6.82. The summed E-state index contributed by atoms with van der Waals surface area (Å²) in [4.78, 5) is 2.43. The predicted molar refractivity (Wildman–Crippen MR) is 83.3 cm³/mol. The van der Waals surface area contributed by atoms with Crippen molar-refractivity contribution in [3.05, 3.63) is 29.8 Å². The van der Waals surface area contributed by atoms with Crippen molar-refractivity contribution in [2.24, 2.45) is 0 Å². The summed E-state index contributed by atoms with van der Waals surface area (Å²) >= 11 is 0. The lowest BCUT2D eigenvalue weighted by Crippen LogP contribution is -2.29. The second-order valence-corrected chi connectivity index (χ2v) is 7.08. The lowest BCUT2D eigenvalue weighted by Gasteiger charge is -2.20. The van der Waals surface area contributed by atoms with Gasteiger partial charge in [-0.05, 0) is 64.5 Å². The number of rotatable bonds is 8. The van der Waals surface area contributed by atoms with Crippen LogP contribution in [0.3, 0.4) is 0 Å². The van der Waals surface area contributed by atoms with Crippen LogP contribution < -0.4 is 4.72 Å². The number of unbranched alkanes of at least 4 members (excludes halogenated alkanes) is 1. The van der Waals surface area contributed by atoms with Gasteiger partial charge in [-0.2, -0.15) is 5.26 Å². The highest BCUT2D eigenvalue weighted by molar-refractivity contribution is 7.89. The molecule has 0 fully saturated rings. The molecule has 5 nitrogen and oxygen atoms in total. The topological polar surface area (TPSA) is 73.2 Å². The van der Waals surface area contributed by atoms with E-state index in [9.17, 15) is 8.42 Å². The molecule has 116 valence electrons. The summed E-state index contributed by atoms with van der Waals surface area (Å²) in [5, 5.41) is 8.70. The summed E-state index contributed by atoms with van der Waals surface area (Å²) in [5.41, 5.74) is 0.450. The number of hydrogen-bond acceptors (Lipinski definition) is 4. The Balaban J connectivity index is 2.41. The van der Waals surface area contributed by atoms with Crippen molar-refractivity contribution in [3.8, 4) is 6.07 Å². The quantitative estimate of drug-likeness (QED) is 0.745. The van der Waals surface area contributed by atoms with Gasteiger partial charge in [-0.25, -0.2) is 13.1 Å². The van der Waals surface area contributed by atoms with E-state index >= 15 is 0 Å². The molecule has 0 atom stereocenters. The van der Waals surface area contributed by atoms with Crippen LogP contribution in [0.1, 0.15) is 32.3 Å². The molecule has 0 aromatic heterocycles. The Hall–Kier alpha value is -1.42. The van der Waals surface area contributed by atoms with Crippen molar-refractivity contribution in [2.45, 2.75) is 37.6 Å². The third kappa shape index (κ3) is 5.84. The molecule has 0 saturated heterocycles. The van der Waals surface area contributed by atoms with E-state index in [1.807, 2.05) is 6.07 Å². The summed E-state index contributed by atoms with van der Waals surface area (Å²) < 4.78 is 26.7. The summed E-state index contributed by atoms with van der Waals surface area (Å²) in [5.74, 6) is 0. The molecule has 0 amide bonds. The van der Waals surface area contributed by atoms with Crippen LogP contribution >= 0.6 is 0 Å². The minimum absolute atomic E-state index is 0.195. The molecule has 0 spiro atoms. The van der Waals surface area contributed by atoms with E-state index in [2.05, 4.69) is 30.5 Å². The monoisotopic (exact) mass is 309 g/mol. The van der Waals surface area contributed by atoms with Gasteiger partial charge in [0, 0.05) is 12.6 Å². The Morgan fingerprint density at radius 1 is 1.24 bits per heavy atom. The summed E-state index contributed by atoms with van der Waals surface area (Å²) in [6, 6.07) is 8.38. The first-order valence-corrected chi connectivity index (χ1v) is 8.55. The molecule has 0 aliphatic carbocycles. The molecule has 0 heterocycles. The van der Waals surface area contributed by atoms with Gasteiger partial charge in [-0.1, -0.05) is 0 Å². The highest BCUT2D eigenvalue weighted by Gasteiger charge is 2.12. The first-order valence-electron chi connectivity index (χ1n) is 7.07. The maximum Gasteiger partial charge on any atom is 0.240 e. The predicted octanol–water partition coefficient (Wildman–Crippen LogP) is 1.96. The van der Waals surface area contributed by atoms with Gasteiger partial charge in [0.05, 0.1) is 16.5 Å². The zero-order valence-corrected chi connectivity index (χ0v) is 13.7. The molecule has 0 aliphatic rings. The highest BCUT2D eigenvalue weighted by Crippen LogP contribution is 2.10. The average molecular weight is 309 g/mol. The second-order valence-electron chi connectivity index (χ2n) is 5.32. The van der Waals surface area contributed by atoms with E-state index in [1.165, 1.54) is 24.3 Å². The summed E-state index contributed by atoms with van der Waals surface area (Å²) in [6.45, 7) is 5.64. The van der Waals surface area contributed by atoms with Crippen molar-refractivity contribution >= 4 is 10.0 Å². The minimum Gasteiger partial charge on any atom is -0.304 e. The highest BCUT2D eigenvalue weighted by atomic mass is 32.2. The van der Waals surface area contributed by atoms with Crippen LogP contribution in [0.25, 0.3) is 0 Å². The van der Waals surface area contributed by atoms with Crippen molar-refractivity contribution in [2.75, 3.05) is 20.1 Å². The van der Waals surface area contributed by atoms with Gasteiger partial charge in [0.15, 0.2) is 0 Å². The molecule has 1 N–H and O–H groups in total. The number of nitriles is 1. The van der Waals surface area contributed by atoms with E-state index in [-0.39, 0.29) is 4.90 Å². The first kappa shape index (κ1) is 17.6.